The van der Waals surface area contributed by atoms with Crippen LogP contribution in [0.25, 0.3) is 0 Å². The van der Waals surface area contributed by atoms with E-state index in [2.05, 4.69) is 13.8 Å². The normalized spacial score (nSPS) is 26.2. The lowest BCUT2D eigenvalue weighted by atomic mass is 9.74. The van der Waals surface area contributed by atoms with E-state index in [1.54, 1.807) is 0 Å². The zero-order valence-electron chi connectivity index (χ0n) is 12.2. The van der Waals surface area contributed by atoms with Crippen LogP contribution in [-0.4, -0.2) is 10.7 Å². The Morgan fingerprint density at radius 2 is 1.50 bits per heavy atom. The molecule has 0 heterocycles. The molecule has 0 saturated heterocycles. The van der Waals surface area contributed by atoms with Gasteiger partial charge in [0.2, 0.25) is 0 Å². The van der Waals surface area contributed by atoms with Crippen molar-refractivity contribution in [3.8, 4) is 0 Å². The molecule has 0 aliphatic heterocycles. The molecule has 1 aliphatic carbocycles. The van der Waals surface area contributed by atoms with Crippen LogP contribution in [0.3, 0.4) is 0 Å². The summed E-state index contributed by atoms with van der Waals surface area (Å²) in [4.78, 5) is 0. The Bertz CT molecular complexity index is 159. The smallest absolute Gasteiger partial charge is 0.0594 e. The minimum Gasteiger partial charge on any atom is -0.390 e. The zero-order valence-corrected chi connectivity index (χ0v) is 12.2. The maximum absolute atomic E-state index is 9.74. The molecule has 0 aromatic heterocycles. The molecule has 0 aromatic carbocycles. The quantitative estimate of drug-likeness (QED) is 0.746. The lowest BCUT2D eigenvalue weighted by Crippen LogP contribution is -2.27. The Morgan fingerprint density at radius 3 is 1.81 bits per heavy atom. The minimum atomic E-state index is -0.463. The first-order valence-corrected chi connectivity index (χ1v) is 7.11. The van der Waals surface area contributed by atoms with Gasteiger partial charge in [-0.15, -0.1) is 0 Å². The van der Waals surface area contributed by atoms with Crippen molar-refractivity contribution in [1.29, 1.82) is 0 Å². The highest BCUT2D eigenvalue weighted by Gasteiger charge is 2.26. The monoisotopic (exact) mass is 228 g/mol. The van der Waals surface area contributed by atoms with Gasteiger partial charge in [0.15, 0.2) is 0 Å². The second kappa shape index (κ2) is 7.32. The maximum Gasteiger partial charge on any atom is 0.0594 e. The van der Waals surface area contributed by atoms with Crippen LogP contribution < -0.4 is 0 Å². The summed E-state index contributed by atoms with van der Waals surface area (Å²) in [6, 6.07) is 0. The van der Waals surface area contributed by atoms with Gasteiger partial charge >= 0.3 is 0 Å². The van der Waals surface area contributed by atoms with E-state index < -0.39 is 5.60 Å². The highest BCUT2D eigenvalue weighted by Crippen LogP contribution is 2.36. The summed E-state index contributed by atoms with van der Waals surface area (Å²) in [5, 5.41) is 9.74. The molecule has 98 valence electrons. The molecular weight excluding hydrogens is 196 g/mol. The van der Waals surface area contributed by atoms with E-state index in [1.807, 2.05) is 27.7 Å². The Hall–Kier alpha value is -0.0400. The van der Waals surface area contributed by atoms with Crippen LogP contribution >= 0.6 is 0 Å². The Balaban J connectivity index is 0.00000106. The molecule has 0 spiro atoms. The van der Waals surface area contributed by atoms with Gasteiger partial charge in [-0.2, -0.15) is 0 Å². The minimum absolute atomic E-state index is 0.463. The highest BCUT2D eigenvalue weighted by molar-refractivity contribution is 4.79. The van der Waals surface area contributed by atoms with Crippen molar-refractivity contribution in [1.82, 2.24) is 0 Å². The fraction of sp³-hybridized carbons (Fsp3) is 1.00. The van der Waals surface area contributed by atoms with Gasteiger partial charge in [-0.1, -0.05) is 40.5 Å². The van der Waals surface area contributed by atoms with E-state index in [0.717, 1.165) is 24.2 Å². The molecule has 0 aromatic rings. The van der Waals surface area contributed by atoms with Crippen LogP contribution in [0.1, 0.15) is 73.6 Å². The fourth-order valence-corrected chi connectivity index (χ4v) is 2.77. The van der Waals surface area contributed by atoms with E-state index in [0.29, 0.717) is 0 Å². The van der Waals surface area contributed by atoms with Gasteiger partial charge in [0, 0.05) is 0 Å². The predicted octanol–water partition coefficient (Wildman–Crippen LogP) is 4.64. The second-order valence-electron chi connectivity index (χ2n) is 6.04. The molecule has 1 aliphatic rings. The summed E-state index contributed by atoms with van der Waals surface area (Å²) in [7, 11) is 0. The van der Waals surface area contributed by atoms with Crippen LogP contribution in [0.2, 0.25) is 0 Å². The van der Waals surface area contributed by atoms with E-state index in [-0.39, 0.29) is 0 Å². The summed E-state index contributed by atoms with van der Waals surface area (Å²) in [6.07, 6.45) is 6.38. The summed E-state index contributed by atoms with van der Waals surface area (Å²) < 4.78 is 0. The molecule has 1 N–H and O–H groups in total. The van der Waals surface area contributed by atoms with Gasteiger partial charge in [0.25, 0.3) is 0 Å². The van der Waals surface area contributed by atoms with Gasteiger partial charge in [-0.3, -0.25) is 0 Å². The second-order valence-corrected chi connectivity index (χ2v) is 6.04. The molecule has 0 atom stereocenters. The topological polar surface area (TPSA) is 20.2 Å². The van der Waals surface area contributed by atoms with Gasteiger partial charge in [-0.25, -0.2) is 0 Å². The summed E-state index contributed by atoms with van der Waals surface area (Å²) in [5.41, 5.74) is -0.463. The molecule has 1 fully saturated rings. The molecule has 1 saturated carbocycles. The van der Waals surface area contributed by atoms with E-state index in [9.17, 15) is 5.11 Å². The average molecular weight is 228 g/mol. The van der Waals surface area contributed by atoms with Crippen molar-refractivity contribution in [2.45, 2.75) is 79.2 Å². The standard InChI is InChI=1S/C13H26O.C2H6/c1-10(2)12-7-5-11(6-8-12)9-13(3,4)14;1-2/h10-12,14H,5-9H2,1-4H3;1-2H3. The van der Waals surface area contributed by atoms with Gasteiger partial charge in [0.1, 0.15) is 0 Å². The third-order valence-corrected chi connectivity index (χ3v) is 3.62. The fourth-order valence-electron chi connectivity index (χ4n) is 2.77. The number of hydrogen-bond donors (Lipinski definition) is 1. The number of hydrogen-bond acceptors (Lipinski definition) is 1. The molecule has 0 amide bonds. The first-order chi connectivity index (χ1) is 7.38. The van der Waals surface area contributed by atoms with Crippen LogP contribution in [0.15, 0.2) is 0 Å². The molecule has 1 rings (SSSR count). The Labute approximate surface area is 103 Å². The molecule has 0 bridgehead atoms. The van der Waals surface area contributed by atoms with Gasteiger partial charge in [-0.05, 0) is 50.9 Å². The van der Waals surface area contributed by atoms with Crippen LogP contribution in [0.5, 0.6) is 0 Å². The van der Waals surface area contributed by atoms with E-state index in [4.69, 9.17) is 0 Å². The Morgan fingerprint density at radius 1 is 1.06 bits per heavy atom. The third-order valence-electron chi connectivity index (χ3n) is 3.62. The molecule has 0 unspecified atom stereocenters. The van der Waals surface area contributed by atoms with Gasteiger partial charge < -0.3 is 5.11 Å². The van der Waals surface area contributed by atoms with Crippen molar-refractivity contribution in [3.63, 3.8) is 0 Å². The summed E-state index contributed by atoms with van der Waals surface area (Å²) in [5.74, 6) is 2.55. The molecule has 0 radical (unpaired) electrons. The lowest BCUT2D eigenvalue weighted by Gasteiger charge is -2.33. The third kappa shape index (κ3) is 6.52. The van der Waals surface area contributed by atoms with Crippen molar-refractivity contribution in [2.75, 3.05) is 0 Å². The first kappa shape index (κ1) is 16.0. The molecular formula is C15H32O. The first-order valence-electron chi connectivity index (χ1n) is 7.11. The zero-order chi connectivity index (χ0) is 12.8. The van der Waals surface area contributed by atoms with Crippen LogP contribution in [0.4, 0.5) is 0 Å². The number of aliphatic hydroxyl groups is 1. The highest BCUT2D eigenvalue weighted by atomic mass is 16.3. The molecule has 1 heteroatoms. The van der Waals surface area contributed by atoms with Crippen molar-refractivity contribution in [3.05, 3.63) is 0 Å². The molecule has 16 heavy (non-hydrogen) atoms. The van der Waals surface area contributed by atoms with Crippen LogP contribution in [-0.2, 0) is 0 Å². The number of rotatable bonds is 3. The van der Waals surface area contributed by atoms with E-state index >= 15 is 0 Å². The summed E-state index contributed by atoms with van der Waals surface area (Å²) >= 11 is 0. The lowest BCUT2D eigenvalue weighted by molar-refractivity contribution is 0.0403. The van der Waals surface area contributed by atoms with Crippen molar-refractivity contribution >= 4 is 0 Å². The van der Waals surface area contributed by atoms with Crippen molar-refractivity contribution < 1.29 is 5.11 Å². The van der Waals surface area contributed by atoms with Gasteiger partial charge in [0.05, 0.1) is 5.60 Å². The van der Waals surface area contributed by atoms with Crippen LogP contribution in [0, 0.1) is 17.8 Å². The SMILES string of the molecule is CC.CC(C)C1CCC(CC(C)(C)O)CC1. The average Bonchev–Trinajstić information content (AvgIpc) is 2.19. The van der Waals surface area contributed by atoms with Crippen molar-refractivity contribution in [2.24, 2.45) is 17.8 Å². The summed E-state index contributed by atoms with van der Waals surface area (Å²) in [6.45, 7) is 12.5. The molecule has 1 nitrogen and oxygen atoms in total. The largest absolute Gasteiger partial charge is 0.390 e. The maximum atomic E-state index is 9.74. The predicted molar refractivity (Wildman–Crippen MR) is 72.5 cm³/mol. The van der Waals surface area contributed by atoms with E-state index in [1.165, 1.54) is 25.7 Å². The Kier molecular flexibility index (Phi) is 7.30.